The van der Waals surface area contributed by atoms with E-state index in [2.05, 4.69) is 56.5 Å². The van der Waals surface area contributed by atoms with E-state index < -0.39 is 0 Å². The molecule has 1 aliphatic carbocycles. The lowest BCUT2D eigenvalue weighted by molar-refractivity contribution is 1.47. The summed E-state index contributed by atoms with van der Waals surface area (Å²) in [5.41, 5.74) is 8.64. The van der Waals surface area contributed by atoms with Crippen LogP contribution in [0.2, 0.25) is 0 Å². The third-order valence-electron chi connectivity index (χ3n) is 3.41. The predicted octanol–water partition coefficient (Wildman–Crippen LogP) is 4.68. The van der Waals surface area contributed by atoms with Crippen LogP contribution < -0.4 is 0 Å². The van der Waals surface area contributed by atoms with Crippen molar-refractivity contribution in [3.05, 3.63) is 71.8 Å². The van der Waals surface area contributed by atoms with E-state index in [1.165, 1.54) is 33.4 Å². The van der Waals surface area contributed by atoms with E-state index in [4.69, 9.17) is 0 Å². The normalized spacial score (nSPS) is 12.2. The molecule has 0 saturated carbocycles. The molecule has 17 heavy (non-hydrogen) atoms. The van der Waals surface area contributed by atoms with E-state index in [9.17, 15) is 0 Å². The molecule has 2 aromatic carbocycles. The fraction of sp³-hybridized carbons (Fsp3) is 0.0588. The SMILES string of the molecule is C=Cc1cccc2c1C(=C)c1ccc(C)cc1-2. The van der Waals surface area contributed by atoms with Crippen molar-refractivity contribution in [1.29, 1.82) is 0 Å². The van der Waals surface area contributed by atoms with E-state index in [0.717, 1.165) is 5.57 Å². The van der Waals surface area contributed by atoms with E-state index >= 15 is 0 Å². The number of hydrogen-bond acceptors (Lipinski definition) is 0. The first-order valence-corrected chi connectivity index (χ1v) is 5.78. The second-order valence-corrected chi connectivity index (χ2v) is 4.50. The standard InChI is InChI=1S/C17H14/c1-4-13-6-5-7-15-16-10-11(2)8-9-14(16)12(3)17(13)15/h4-10H,1,3H2,2H3. The van der Waals surface area contributed by atoms with Crippen molar-refractivity contribution in [3.8, 4) is 11.1 Å². The van der Waals surface area contributed by atoms with E-state index in [1.807, 2.05) is 6.08 Å². The summed E-state index contributed by atoms with van der Waals surface area (Å²) >= 11 is 0. The summed E-state index contributed by atoms with van der Waals surface area (Å²) in [5, 5.41) is 0. The van der Waals surface area contributed by atoms with Crippen molar-refractivity contribution in [3.63, 3.8) is 0 Å². The van der Waals surface area contributed by atoms with Crippen LogP contribution in [0.25, 0.3) is 22.8 Å². The summed E-state index contributed by atoms with van der Waals surface area (Å²) < 4.78 is 0. The van der Waals surface area contributed by atoms with Gasteiger partial charge < -0.3 is 0 Å². The van der Waals surface area contributed by atoms with E-state index in [-0.39, 0.29) is 0 Å². The maximum Gasteiger partial charge on any atom is -0.00325 e. The van der Waals surface area contributed by atoms with Gasteiger partial charge in [0.15, 0.2) is 0 Å². The zero-order valence-electron chi connectivity index (χ0n) is 9.96. The number of fused-ring (bicyclic) bond motifs is 3. The van der Waals surface area contributed by atoms with Crippen LogP contribution in [0.15, 0.2) is 49.6 Å². The third-order valence-corrected chi connectivity index (χ3v) is 3.41. The lowest BCUT2D eigenvalue weighted by Gasteiger charge is -2.04. The molecule has 1 aliphatic rings. The van der Waals surface area contributed by atoms with Crippen molar-refractivity contribution in [2.24, 2.45) is 0 Å². The first-order chi connectivity index (χ1) is 8.22. The molecule has 0 amide bonds. The zero-order valence-corrected chi connectivity index (χ0v) is 9.96. The highest BCUT2D eigenvalue weighted by Crippen LogP contribution is 2.45. The Morgan fingerprint density at radius 3 is 2.59 bits per heavy atom. The lowest BCUT2D eigenvalue weighted by atomic mass is 9.99. The van der Waals surface area contributed by atoms with Gasteiger partial charge in [-0.15, -0.1) is 0 Å². The highest BCUT2D eigenvalue weighted by molar-refractivity contribution is 6.02. The van der Waals surface area contributed by atoms with Crippen molar-refractivity contribution in [2.75, 3.05) is 0 Å². The Morgan fingerprint density at radius 2 is 1.82 bits per heavy atom. The van der Waals surface area contributed by atoms with Gasteiger partial charge in [0.2, 0.25) is 0 Å². The van der Waals surface area contributed by atoms with Gasteiger partial charge >= 0.3 is 0 Å². The van der Waals surface area contributed by atoms with Crippen LogP contribution in [-0.4, -0.2) is 0 Å². The third kappa shape index (κ3) is 1.31. The van der Waals surface area contributed by atoms with Gasteiger partial charge in [0.25, 0.3) is 0 Å². The molecule has 0 spiro atoms. The maximum absolute atomic E-state index is 4.23. The van der Waals surface area contributed by atoms with Crippen molar-refractivity contribution >= 4 is 11.6 Å². The van der Waals surface area contributed by atoms with E-state index in [1.54, 1.807) is 0 Å². The Morgan fingerprint density at radius 1 is 1.00 bits per heavy atom. The molecule has 0 aliphatic heterocycles. The molecule has 0 atom stereocenters. The summed E-state index contributed by atoms with van der Waals surface area (Å²) in [6.07, 6.45) is 1.91. The van der Waals surface area contributed by atoms with Crippen LogP contribution in [0.3, 0.4) is 0 Å². The molecule has 0 fully saturated rings. The average molecular weight is 218 g/mol. The molecule has 0 bridgehead atoms. The minimum Gasteiger partial charge on any atom is -0.0984 e. The minimum absolute atomic E-state index is 1.12. The van der Waals surface area contributed by atoms with Gasteiger partial charge in [0.05, 0.1) is 0 Å². The fourth-order valence-electron chi connectivity index (χ4n) is 2.58. The van der Waals surface area contributed by atoms with E-state index in [0.29, 0.717) is 0 Å². The Hall–Kier alpha value is -2.08. The molecule has 0 unspecified atom stereocenters. The topological polar surface area (TPSA) is 0 Å². The van der Waals surface area contributed by atoms with Crippen LogP contribution >= 0.6 is 0 Å². The summed E-state index contributed by atoms with van der Waals surface area (Å²) in [5.74, 6) is 0. The lowest BCUT2D eigenvalue weighted by Crippen LogP contribution is -1.83. The molecule has 0 N–H and O–H groups in total. The van der Waals surface area contributed by atoms with Gasteiger partial charge in [0.1, 0.15) is 0 Å². The molecule has 2 aromatic rings. The first-order valence-electron chi connectivity index (χ1n) is 5.78. The van der Waals surface area contributed by atoms with Crippen LogP contribution in [0.1, 0.15) is 22.3 Å². The van der Waals surface area contributed by atoms with Crippen LogP contribution in [-0.2, 0) is 0 Å². The van der Waals surface area contributed by atoms with Gasteiger partial charge in [-0.1, -0.05) is 61.2 Å². The smallest absolute Gasteiger partial charge is 0.00325 e. The summed E-state index contributed by atoms with van der Waals surface area (Å²) in [6.45, 7) is 10.2. The van der Waals surface area contributed by atoms with Gasteiger partial charge in [-0.25, -0.2) is 0 Å². The van der Waals surface area contributed by atoms with Crippen molar-refractivity contribution < 1.29 is 0 Å². The molecule has 0 heterocycles. The van der Waals surface area contributed by atoms with Gasteiger partial charge in [0, 0.05) is 0 Å². The number of benzene rings is 2. The van der Waals surface area contributed by atoms with Gasteiger partial charge in [-0.2, -0.15) is 0 Å². The number of hydrogen-bond donors (Lipinski definition) is 0. The largest absolute Gasteiger partial charge is 0.0984 e. The number of rotatable bonds is 1. The average Bonchev–Trinajstić information content (AvgIpc) is 2.63. The fourth-order valence-corrected chi connectivity index (χ4v) is 2.58. The number of aryl methyl sites for hydroxylation is 1. The molecule has 0 saturated heterocycles. The quantitative estimate of drug-likeness (QED) is 0.556. The van der Waals surface area contributed by atoms with Gasteiger partial charge in [-0.05, 0) is 40.3 Å². The highest BCUT2D eigenvalue weighted by Gasteiger charge is 2.23. The Balaban J connectivity index is 2.39. The maximum atomic E-state index is 4.23. The Kier molecular flexibility index (Phi) is 2.05. The molecule has 0 heteroatoms. The molecule has 3 rings (SSSR count). The van der Waals surface area contributed by atoms with Crippen LogP contribution in [0.5, 0.6) is 0 Å². The molecular weight excluding hydrogens is 204 g/mol. The molecular formula is C17H14. The zero-order chi connectivity index (χ0) is 12.0. The monoisotopic (exact) mass is 218 g/mol. The Labute approximate surface area is 102 Å². The van der Waals surface area contributed by atoms with Crippen LogP contribution in [0, 0.1) is 6.92 Å². The summed E-state index contributed by atoms with van der Waals surface area (Å²) in [6, 6.07) is 12.9. The first kappa shape index (κ1) is 10.1. The van der Waals surface area contributed by atoms with Crippen LogP contribution in [0.4, 0.5) is 0 Å². The summed E-state index contributed by atoms with van der Waals surface area (Å²) in [4.78, 5) is 0. The summed E-state index contributed by atoms with van der Waals surface area (Å²) in [7, 11) is 0. The molecule has 0 aromatic heterocycles. The molecule has 82 valence electrons. The van der Waals surface area contributed by atoms with Gasteiger partial charge in [-0.3, -0.25) is 0 Å². The second-order valence-electron chi connectivity index (χ2n) is 4.50. The van der Waals surface area contributed by atoms with Crippen molar-refractivity contribution in [2.45, 2.75) is 6.92 Å². The highest BCUT2D eigenvalue weighted by atomic mass is 14.3. The van der Waals surface area contributed by atoms with Crippen molar-refractivity contribution in [1.82, 2.24) is 0 Å². The minimum atomic E-state index is 1.12. The predicted molar refractivity (Wildman–Crippen MR) is 74.8 cm³/mol. The second kappa shape index (κ2) is 3.46. The Bertz CT molecular complexity index is 645. The molecule has 0 radical (unpaired) electrons. The molecule has 0 nitrogen and oxygen atoms in total.